The monoisotopic (exact) mass is 226 g/mol. The third-order valence-electron chi connectivity index (χ3n) is 2.71. The third kappa shape index (κ3) is 2.22. The molecule has 3 N–H and O–H groups in total. The predicted molar refractivity (Wildman–Crippen MR) is 56.7 cm³/mol. The molecule has 0 spiro atoms. The molecule has 0 aromatic heterocycles. The van der Waals surface area contributed by atoms with Crippen LogP contribution in [-0.2, 0) is 17.8 Å². The topological polar surface area (TPSA) is 58.7 Å². The number of aliphatic hydroxyl groups excluding tert-OH is 1. The molecule has 0 aliphatic carbocycles. The van der Waals surface area contributed by atoms with Crippen molar-refractivity contribution in [2.75, 3.05) is 13.2 Å². The molecule has 1 atom stereocenters. The van der Waals surface area contributed by atoms with E-state index in [1.54, 1.807) is 23.1 Å². The molecule has 5 heteroatoms. The van der Waals surface area contributed by atoms with Gasteiger partial charge in [0.15, 0.2) is 0 Å². The molecular weight excluding hydrogens is 211 g/mol. The highest BCUT2D eigenvalue weighted by molar-refractivity contribution is 5.25. The Morgan fingerprint density at radius 3 is 2.88 bits per heavy atom. The van der Waals surface area contributed by atoms with Gasteiger partial charge in [-0.3, -0.25) is 0 Å². The second-order valence-electron chi connectivity index (χ2n) is 3.76. The maximum atomic E-state index is 13.8. The van der Waals surface area contributed by atoms with Crippen LogP contribution in [0.5, 0.6) is 0 Å². The Bertz CT molecular complexity index is 373. The van der Waals surface area contributed by atoms with Gasteiger partial charge >= 0.3 is 0 Å². The van der Waals surface area contributed by atoms with Gasteiger partial charge in [0, 0.05) is 30.8 Å². The molecule has 88 valence electrons. The molecule has 16 heavy (non-hydrogen) atoms. The van der Waals surface area contributed by atoms with Crippen molar-refractivity contribution in [2.45, 2.75) is 19.5 Å². The molecule has 1 heterocycles. The molecule has 0 unspecified atom stereocenters. The van der Waals surface area contributed by atoms with E-state index in [1.165, 1.54) is 0 Å². The fourth-order valence-electron chi connectivity index (χ4n) is 1.78. The number of hydrogen-bond donors (Lipinski definition) is 2. The summed E-state index contributed by atoms with van der Waals surface area (Å²) in [5, 5.41) is 9.42. The first-order valence-electron chi connectivity index (χ1n) is 5.22. The zero-order valence-electron chi connectivity index (χ0n) is 8.90. The van der Waals surface area contributed by atoms with Crippen LogP contribution in [0, 0.1) is 5.82 Å². The van der Waals surface area contributed by atoms with E-state index in [-0.39, 0.29) is 12.4 Å². The average molecular weight is 226 g/mol. The number of ether oxygens (including phenoxy) is 1. The SMILES string of the molecule is NCc1cccc(CN2CCO[C@H]2O)c1F. The molecule has 1 saturated heterocycles. The molecule has 2 rings (SSSR count). The number of halogens is 1. The van der Waals surface area contributed by atoms with Gasteiger partial charge in [-0.05, 0) is 0 Å². The molecule has 0 amide bonds. The lowest BCUT2D eigenvalue weighted by atomic mass is 10.1. The Morgan fingerprint density at radius 2 is 2.25 bits per heavy atom. The first-order valence-corrected chi connectivity index (χ1v) is 5.22. The second-order valence-corrected chi connectivity index (χ2v) is 3.76. The van der Waals surface area contributed by atoms with Gasteiger partial charge in [0.05, 0.1) is 6.61 Å². The molecule has 0 radical (unpaired) electrons. The van der Waals surface area contributed by atoms with Crippen molar-refractivity contribution in [2.24, 2.45) is 5.73 Å². The van der Waals surface area contributed by atoms with Crippen molar-refractivity contribution in [1.29, 1.82) is 0 Å². The van der Waals surface area contributed by atoms with Crippen LogP contribution in [0.2, 0.25) is 0 Å². The lowest BCUT2D eigenvalue weighted by Gasteiger charge is -2.18. The summed E-state index contributed by atoms with van der Waals surface area (Å²) in [4.78, 5) is 1.67. The maximum Gasteiger partial charge on any atom is 0.216 e. The van der Waals surface area contributed by atoms with E-state index in [2.05, 4.69) is 0 Å². The minimum absolute atomic E-state index is 0.179. The average Bonchev–Trinajstić information content (AvgIpc) is 2.68. The Labute approximate surface area is 93.4 Å². The number of nitrogens with two attached hydrogens (primary N) is 1. The van der Waals surface area contributed by atoms with Crippen LogP contribution >= 0.6 is 0 Å². The Morgan fingerprint density at radius 1 is 1.50 bits per heavy atom. The highest BCUT2D eigenvalue weighted by atomic mass is 19.1. The first-order chi connectivity index (χ1) is 7.72. The number of rotatable bonds is 3. The first kappa shape index (κ1) is 11.5. The Balaban J connectivity index is 2.14. The highest BCUT2D eigenvalue weighted by Gasteiger charge is 2.23. The molecule has 1 fully saturated rings. The maximum absolute atomic E-state index is 13.8. The van der Waals surface area contributed by atoms with Crippen LogP contribution in [0.15, 0.2) is 18.2 Å². The van der Waals surface area contributed by atoms with Crippen LogP contribution < -0.4 is 5.73 Å². The van der Waals surface area contributed by atoms with Gasteiger partial charge in [-0.1, -0.05) is 18.2 Å². The van der Waals surface area contributed by atoms with Crippen molar-refractivity contribution >= 4 is 0 Å². The van der Waals surface area contributed by atoms with E-state index < -0.39 is 6.41 Å². The minimum Gasteiger partial charge on any atom is -0.356 e. The van der Waals surface area contributed by atoms with Crippen LogP contribution in [0.25, 0.3) is 0 Å². The predicted octanol–water partition coefficient (Wildman–Crippen LogP) is 0.392. The molecular formula is C11H15FN2O2. The van der Waals surface area contributed by atoms with Gasteiger partial charge in [0.25, 0.3) is 0 Å². The summed E-state index contributed by atoms with van der Waals surface area (Å²) >= 11 is 0. The fourth-order valence-corrected chi connectivity index (χ4v) is 1.78. The fraction of sp³-hybridized carbons (Fsp3) is 0.455. The van der Waals surface area contributed by atoms with E-state index >= 15 is 0 Å². The summed E-state index contributed by atoms with van der Waals surface area (Å²) in [6, 6.07) is 5.12. The lowest BCUT2D eigenvalue weighted by molar-refractivity contribution is -0.136. The summed E-state index contributed by atoms with van der Waals surface area (Å²) in [5.74, 6) is -0.288. The van der Waals surface area contributed by atoms with Crippen molar-refractivity contribution in [3.05, 3.63) is 35.1 Å². The second kappa shape index (κ2) is 4.88. The molecule has 0 saturated carbocycles. The van der Waals surface area contributed by atoms with Crippen LogP contribution in [-0.4, -0.2) is 29.6 Å². The van der Waals surface area contributed by atoms with Gasteiger partial charge in [-0.25, -0.2) is 9.29 Å². The summed E-state index contributed by atoms with van der Waals surface area (Å²) < 4.78 is 18.8. The van der Waals surface area contributed by atoms with E-state index in [4.69, 9.17) is 10.5 Å². The summed E-state index contributed by atoms with van der Waals surface area (Å²) in [6.07, 6.45) is -0.930. The number of aliphatic hydroxyl groups is 1. The van der Waals surface area contributed by atoms with Gasteiger partial charge in [-0.15, -0.1) is 0 Å². The quantitative estimate of drug-likeness (QED) is 0.783. The number of nitrogens with zero attached hydrogens (tertiary/aromatic N) is 1. The number of hydrogen-bond acceptors (Lipinski definition) is 4. The lowest BCUT2D eigenvalue weighted by Crippen LogP contribution is -2.29. The highest BCUT2D eigenvalue weighted by Crippen LogP contribution is 2.17. The third-order valence-corrected chi connectivity index (χ3v) is 2.71. The van der Waals surface area contributed by atoms with Crippen molar-refractivity contribution < 1.29 is 14.2 Å². The molecule has 1 aromatic rings. The molecule has 1 aliphatic heterocycles. The van der Waals surface area contributed by atoms with Gasteiger partial charge in [0.1, 0.15) is 5.82 Å². The van der Waals surface area contributed by atoms with Crippen LogP contribution in [0.1, 0.15) is 11.1 Å². The van der Waals surface area contributed by atoms with Crippen molar-refractivity contribution in [1.82, 2.24) is 4.90 Å². The van der Waals surface area contributed by atoms with Gasteiger partial charge in [0.2, 0.25) is 6.41 Å². The van der Waals surface area contributed by atoms with Gasteiger partial charge in [-0.2, -0.15) is 0 Å². The Hall–Kier alpha value is -1.01. The molecule has 4 nitrogen and oxygen atoms in total. The summed E-state index contributed by atoms with van der Waals surface area (Å²) in [5.41, 5.74) is 6.45. The van der Waals surface area contributed by atoms with Crippen molar-refractivity contribution in [3.63, 3.8) is 0 Å². The van der Waals surface area contributed by atoms with Gasteiger partial charge < -0.3 is 15.6 Å². The standard InChI is InChI=1S/C11H15FN2O2/c12-10-8(6-13)2-1-3-9(10)7-14-4-5-16-11(14)15/h1-3,11,15H,4-7,13H2/t11-/m1/s1. The van der Waals surface area contributed by atoms with Crippen LogP contribution in [0.4, 0.5) is 4.39 Å². The zero-order chi connectivity index (χ0) is 11.5. The van der Waals surface area contributed by atoms with Crippen LogP contribution in [0.3, 0.4) is 0 Å². The van der Waals surface area contributed by atoms with E-state index in [0.29, 0.717) is 30.8 Å². The van der Waals surface area contributed by atoms with E-state index in [9.17, 15) is 9.50 Å². The summed E-state index contributed by atoms with van der Waals surface area (Å²) in [7, 11) is 0. The molecule has 0 bridgehead atoms. The Kier molecular flexibility index (Phi) is 3.50. The van der Waals surface area contributed by atoms with Crippen molar-refractivity contribution in [3.8, 4) is 0 Å². The van der Waals surface area contributed by atoms with E-state index in [0.717, 1.165) is 0 Å². The molecule has 1 aromatic carbocycles. The minimum atomic E-state index is -0.930. The molecule has 1 aliphatic rings. The smallest absolute Gasteiger partial charge is 0.216 e. The normalized spacial score (nSPS) is 21.6. The number of benzene rings is 1. The zero-order valence-corrected chi connectivity index (χ0v) is 8.90. The summed E-state index contributed by atoms with van der Waals surface area (Å²) in [6.45, 7) is 1.59. The largest absolute Gasteiger partial charge is 0.356 e. The van der Waals surface area contributed by atoms with E-state index in [1.807, 2.05) is 0 Å².